The lowest BCUT2D eigenvalue weighted by Gasteiger charge is -2.29. The summed E-state index contributed by atoms with van der Waals surface area (Å²) in [5.74, 6) is -0.0410. The van der Waals surface area contributed by atoms with Gasteiger partial charge in [-0.05, 0) is 13.3 Å². The van der Waals surface area contributed by atoms with Gasteiger partial charge in [0.1, 0.15) is 4.88 Å². The van der Waals surface area contributed by atoms with Gasteiger partial charge < -0.3 is 5.32 Å². The molecule has 1 aromatic rings. The molecule has 1 N–H and O–H groups in total. The van der Waals surface area contributed by atoms with Crippen LogP contribution < -0.4 is 5.32 Å². The largest absolute Gasteiger partial charge is 0.344 e. The van der Waals surface area contributed by atoms with Crippen molar-refractivity contribution in [1.82, 2.24) is 10.3 Å². The van der Waals surface area contributed by atoms with Gasteiger partial charge in [-0.3, -0.25) is 4.79 Å². The molecule has 0 saturated carbocycles. The van der Waals surface area contributed by atoms with E-state index in [2.05, 4.69) is 49.1 Å². The summed E-state index contributed by atoms with van der Waals surface area (Å²) in [6.45, 7) is 3.91. The molecule has 0 fully saturated rings. The van der Waals surface area contributed by atoms with Crippen LogP contribution in [-0.4, -0.2) is 27.1 Å². The average molecular weight is 370 g/mol. The van der Waals surface area contributed by atoms with Gasteiger partial charge in [-0.15, -0.1) is 11.3 Å². The summed E-state index contributed by atoms with van der Waals surface area (Å²) in [6, 6.07) is 0. The van der Waals surface area contributed by atoms with Crippen molar-refractivity contribution in [3.63, 3.8) is 0 Å². The molecule has 0 aliphatic rings. The Morgan fingerprint density at radius 3 is 2.56 bits per heavy atom. The Morgan fingerprint density at radius 1 is 1.56 bits per heavy atom. The van der Waals surface area contributed by atoms with Crippen molar-refractivity contribution < 1.29 is 4.79 Å². The summed E-state index contributed by atoms with van der Waals surface area (Å²) >= 11 is 8.27. The first kappa shape index (κ1) is 14.1. The van der Waals surface area contributed by atoms with E-state index in [1.165, 1.54) is 11.3 Å². The molecule has 0 aromatic carbocycles. The quantitative estimate of drug-likeness (QED) is 0.810. The molecule has 6 heteroatoms. The number of alkyl halides is 2. The number of hydrogen-bond donors (Lipinski definition) is 1. The fourth-order valence-electron chi connectivity index (χ4n) is 1.20. The SMILES string of the molecule is CCC(CBr)(CBr)NC(=O)c1scnc1C. The number of carbonyl (C=O) groups excluding carboxylic acids is 1. The van der Waals surface area contributed by atoms with Gasteiger partial charge in [0.05, 0.1) is 16.7 Å². The molecule has 0 atom stereocenters. The molecule has 0 aliphatic heterocycles. The summed E-state index contributed by atoms with van der Waals surface area (Å²) in [5, 5.41) is 4.52. The number of halogens is 2. The van der Waals surface area contributed by atoms with Crippen molar-refractivity contribution in [2.45, 2.75) is 25.8 Å². The number of nitrogens with one attached hydrogen (secondary N) is 1. The van der Waals surface area contributed by atoms with Crippen LogP contribution in [0.3, 0.4) is 0 Å². The monoisotopic (exact) mass is 368 g/mol. The van der Waals surface area contributed by atoms with E-state index in [-0.39, 0.29) is 11.4 Å². The second-order valence-corrected chi connectivity index (χ2v) is 5.60. The zero-order valence-corrected chi connectivity index (χ0v) is 13.2. The lowest BCUT2D eigenvalue weighted by Crippen LogP contribution is -2.51. The molecule has 1 aromatic heterocycles. The molecule has 0 spiro atoms. The van der Waals surface area contributed by atoms with Gasteiger partial charge in [0.25, 0.3) is 5.91 Å². The number of amides is 1. The number of thiazole rings is 1. The summed E-state index contributed by atoms with van der Waals surface area (Å²) in [5.41, 5.74) is 2.25. The summed E-state index contributed by atoms with van der Waals surface area (Å²) in [7, 11) is 0. The molecular weight excluding hydrogens is 356 g/mol. The maximum absolute atomic E-state index is 12.0. The van der Waals surface area contributed by atoms with Crippen LogP contribution in [-0.2, 0) is 0 Å². The molecule has 16 heavy (non-hydrogen) atoms. The zero-order valence-electron chi connectivity index (χ0n) is 9.22. The Morgan fingerprint density at radius 2 is 2.19 bits per heavy atom. The van der Waals surface area contributed by atoms with Crippen LogP contribution in [0.25, 0.3) is 0 Å². The average Bonchev–Trinajstić information content (AvgIpc) is 2.72. The summed E-state index contributed by atoms with van der Waals surface area (Å²) < 4.78 is 0. The number of nitrogens with zero attached hydrogens (tertiary/aromatic N) is 1. The summed E-state index contributed by atoms with van der Waals surface area (Å²) in [6.07, 6.45) is 0.868. The molecule has 90 valence electrons. The van der Waals surface area contributed by atoms with E-state index in [9.17, 15) is 4.79 Å². The third kappa shape index (κ3) is 3.05. The minimum Gasteiger partial charge on any atom is -0.344 e. The van der Waals surface area contributed by atoms with Gasteiger partial charge in [0, 0.05) is 10.7 Å². The highest BCUT2D eigenvalue weighted by Crippen LogP contribution is 2.19. The van der Waals surface area contributed by atoms with Crippen LogP contribution in [0.5, 0.6) is 0 Å². The number of carbonyl (C=O) groups is 1. The molecular formula is C10H14Br2N2OS. The molecule has 0 saturated heterocycles. The molecule has 0 aliphatic carbocycles. The van der Waals surface area contributed by atoms with Crippen LogP contribution in [0.15, 0.2) is 5.51 Å². The Kier molecular flexibility index (Phi) is 5.40. The first-order chi connectivity index (χ1) is 7.58. The molecule has 0 radical (unpaired) electrons. The smallest absolute Gasteiger partial charge is 0.263 e. The van der Waals surface area contributed by atoms with Gasteiger partial charge >= 0.3 is 0 Å². The van der Waals surface area contributed by atoms with E-state index < -0.39 is 0 Å². The molecule has 1 heterocycles. The zero-order chi connectivity index (χ0) is 12.2. The number of aromatic nitrogens is 1. The third-order valence-corrected chi connectivity index (χ3v) is 5.59. The van der Waals surface area contributed by atoms with Crippen LogP contribution in [0.4, 0.5) is 0 Å². The first-order valence-electron chi connectivity index (χ1n) is 4.93. The molecule has 1 amide bonds. The normalized spacial score (nSPS) is 11.5. The second-order valence-electron chi connectivity index (χ2n) is 3.62. The van der Waals surface area contributed by atoms with Crippen molar-refractivity contribution in [3.8, 4) is 0 Å². The van der Waals surface area contributed by atoms with Crippen molar-refractivity contribution in [2.24, 2.45) is 0 Å². The third-order valence-electron chi connectivity index (χ3n) is 2.52. The van der Waals surface area contributed by atoms with E-state index in [0.29, 0.717) is 4.88 Å². The van der Waals surface area contributed by atoms with Gasteiger partial charge in [0.15, 0.2) is 0 Å². The summed E-state index contributed by atoms with van der Waals surface area (Å²) in [4.78, 5) is 16.8. The van der Waals surface area contributed by atoms with Crippen LogP contribution in [0.1, 0.15) is 28.7 Å². The lowest BCUT2D eigenvalue weighted by molar-refractivity contribution is 0.0919. The van der Waals surface area contributed by atoms with Gasteiger partial charge in [-0.1, -0.05) is 38.8 Å². The number of rotatable bonds is 5. The highest BCUT2D eigenvalue weighted by Gasteiger charge is 2.29. The Balaban J connectivity index is 2.81. The molecule has 0 unspecified atom stereocenters. The van der Waals surface area contributed by atoms with E-state index in [4.69, 9.17) is 0 Å². The Bertz CT molecular complexity index is 355. The number of aryl methyl sites for hydroxylation is 1. The van der Waals surface area contributed by atoms with E-state index in [1.54, 1.807) is 5.51 Å². The molecule has 3 nitrogen and oxygen atoms in total. The van der Waals surface area contributed by atoms with Gasteiger partial charge in [-0.2, -0.15) is 0 Å². The highest BCUT2D eigenvalue weighted by molar-refractivity contribution is 9.09. The predicted octanol–water partition coefficient (Wildman–Crippen LogP) is 3.12. The van der Waals surface area contributed by atoms with Crippen molar-refractivity contribution in [3.05, 3.63) is 16.1 Å². The van der Waals surface area contributed by atoms with Crippen LogP contribution >= 0.6 is 43.2 Å². The van der Waals surface area contributed by atoms with E-state index in [1.807, 2.05) is 6.92 Å². The maximum Gasteiger partial charge on any atom is 0.263 e. The first-order valence-corrected chi connectivity index (χ1v) is 8.05. The Hall–Kier alpha value is 0.0600. The van der Waals surface area contributed by atoms with Crippen molar-refractivity contribution >= 4 is 49.1 Å². The lowest BCUT2D eigenvalue weighted by atomic mass is 10.0. The van der Waals surface area contributed by atoms with E-state index >= 15 is 0 Å². The molecule has 0 bridgehead atoms. The fraction of sp³-hybridized carbons (Fsp3) is 0.600. The van der Waals surface area contributed by atoms with Gasteiger partial charge in [0.2, 0.25) is 0 Å². The molecule has 1 rings (SSSR count). The van der Waals surface area contributed by atoms with E-state index in [0.717, 1.165) is 22.8 Å². The standard InChI is InChI=1S/C10H14Br2N2OS/c1-3-10(4-11,5-12)14-9(15)8-7(2)13-6-16-8/h6H,3-5H2,1-2H3,(H,14,15). The second kappa shape index (κ2) is 6.12. The highest BCUT2D eigenvalue weighted by atomic mass is 79.9. The predicted molar refractivity (Wildman–Crippen MR) is 74.9 cm³/mol. The topological polar surface area (TPSA) is 42.0 Å². The Labute approximate surface area is 116 Å². The minimum atomic E-state index is -0.229. The van der Waals surface area contributed by atoms with Crippen LogP contribution in [0.2, 0.25) is 0 Å². The van der Waals surface area contributed by atoms with Crippen LogP contribution in [0, 0.1) is 6.92 Å². The van der Waals surface area contributed by atoms with Crippen molar-refractivity contribution in [2.75, 3.05) is 10.7 Å². The minimum absolute atomic E-state index is 0.0410. The van der Waals surface area contributed by atoms with Gasteiger partial charge in [-0.25, -0.2) is 4.98 Å². The fourth-order valence-corrected chi connectivity index (χ4v) is 3.90. The number of hydrogen-bond acceptors (Lipinski definition) is 3. The van der Waals surface area contributed by atoms with Crippen molar-refractivity contribution in [1.29, 1.82) is 0 Å². The maximum atomic E-state index is 12.0.